The van der Waals surface area contributed by atoms with Crippen LogP contribution in [0.25, 0.3) is 0 Å². The first kappa shape index (κ1) is 30.1. The molecule has 0 fully saturated rings. The van der Waals surface area contributed by atoms with Crippen LogP contribution in [0, 0.1) is 5.92 Å². The number of carbonyl (C=O) groups excluding carboxylic acids is 2. The van der Waals surface area contributed by atoms with E-state index in [-0.39, 0.29) is 23.8 Å². The third kappa shape index (κ3) is 6.36. The Kier molecular flexibility index (Phi) is 9.29. The number of rotatable bonds is 10. The standard InChI is InChI=1S/C36H39NO6/c1-6-22(2)43-36(39)33-23(3)37-28-18-26(25-16-17-31(40-4)32(20-25)41-5)19-29(38)35(28)34(33)27-14-10-11-15-30(27)42-21-24-12-8-7-9-13-24/h7-17,20,22,26,33-34H,6,18-19,21H2,1-5H3/t22-,26-,33?,34-/m1/s1. The number of nitrogens with zero attached hydrogens (tertiary/aromatic N) is 1. The molecule has 0 saturated carbocycles. The fourth-order valence-electron chi connectivity index (χ4n) is 6.00. The molecule has 0 bridgehead atoms. The Hall–Kier alpha value is -4.39. The van der Waals surface area contributed by atoms with Gasteiger partial charge in [0.2, 0.25) is 0 Å². The molecule has 7 nitrogen and oxygen atoms in total. The Balaban J connectivity index is 1.56. The van der Waals surface area contributed by atoms with E-state index in [0.29, 0.717) is 60.1 Å². The third-order valence-electron chi connectivity index (χ3n) is 8.41. The number of carbonyl (C=O) groups is 2. The lowest BCUT2D eigenvalue weighted by atomic mass is 9.69. The Morgan fingerprint density at radius 1 is 0.930 bits per heavy atom. The molecule has 2 aliphatic rings. The highest BCUT2D eigenvalue weighted by molar-refractivity contribution is 6.09. The number of esters is 1. The van der Waals surface area contributed by atoms with Gasteiger partial charge in [0.15, 0.2) is 17.3 Å². The van der Waals surface area contributed by atoms with Crippen molar-refractivity contribution in [2.75, 3.05) is 14.2 Å². The predicted molar refractivity (Wildman–Crippen MR) is 166 cm³/mol. The molecule has 0 radical (unpaired) electrons. The lowest BCUT2D eigenvalue weighted by Crippen LogP contribution is -2.39. The highest BCUT2D eigenvalue weighted by Crippen LogP contribution is 2.49. The monoisotopic (exact) mass is 581 g/mol. The summed E-state index contributed by atoms with van der Waals surface area (Å²) in [6.45, 7) is 6.07. The lowest BCUT2D eigenvalue weighted by Gasteiger charge is -2.37. The van der Waals surface area contributed by atoms with Crippen LogP contribution in [-0.2, 0) is 20.9 Å². The molecule has 224 valence electrons. The van der Waals surface area contributed by atoms with Gasteiger partial charge in [-0.1, -0.05) is 61.5 Å². The minimum atomic E-state index is -0.740. The second-order valence-corrected chi connectivity index (χ2v) is 11.2. The maximum Gasteiger partial charge on any atom is 0.315 e. The molecule has 3 aromatic rings. The molecule has 0 spiro atoms. The third-order valence-corrected chi connectivity index (χ3v) is 8.41. The number of methoxy groups -OCH3 is 2. The smallest absolute Gasteiger partial charge is 0.315 e. The van der Waals surface area contributed by atoms with E-state index in [1.54, 1.807) is 14.2 Å². The van der Waals surface area contributed by atoms with E-state index in [9.17, 15) is 9.59 Å². The molecule has 4 atom stereocenters. The normalized spacial score (nSPS) is 20.5. The van der Waals surface area contributed by atoms with Crippen molar-refractivity contribution >= 4 is 17.5 Å². The quantitative estimate of drug-likeness (QED) is 0.236. The van der Waals surface area contributed by atoms with E-state index in [2.05, 4.69) is 0 Å². The predicted octanol–water partition coefficient (Wildman–Crippen LogP) is 7.20. The van der Waals surface area contributed by atoms with Crippen molar-refractivity contribution in [2.24, 2.45) is 10.9 Å². The number of Topliss-reactive ketones (excluding diaryl/α,β-unsaturated/α-hetero) is 1. The van der Waals surface area contributed by atoms with E-state index in [0.717, 1.165) is 16.7 Å². The largest absolute Gasteiger partial charge is 0.493 e. The molecule has 0 saturated heterocycles. The first-order chi connectivity index (χ1) is 20.8. The summed E-state index contributed by atoms with van der Waals surface area (Å²) < 4.78 is 23.1. The van der Waals surface area contributed by atoms with Crippen LogP contribution in [0.1, 0.15) is 68.6 Å². The zero-order valence-electron chi connectivity index (χ0n) is 25.5. The van der Waals surface area contributed by atoms with Crippen molar-refractivity contribution < 1.29 is 28.5 Å². The van der Waals surface area contributed by atoms with E-state index in [4.69, 9.17) is 23.9 Å². The van der Waals surface area contributed by atoms with Gasteiger partial charge in [0, 0.05) is 34.9 Å². The van der Waals surface area contributed by atoms with Crippen molar-refractivity contribution in [3.8, 4) is 17.2 Å². The number of hydrogen-bond donors (Lipinski definition) is 0. The summed E-state index contributed by atoms with van der Waals surface area (Å²) in [6, 6.07) is 23.4. The van der Waals surface area contributed by atoms with Crippen LogP contribution in [0.3, 0.4) is 0 Å². The zero-order valence-corrected chi connectivity index (χ0v) is 25.5. The number of para-hydroxylation sites is 1. The summed E-state index contributed by atoms with van der Waals surface area (Å²) in [5.74, 6) is 0.0814. The van der Waals surface area contributed by atoms with Gasteiger partial charge in [-0.05, 0) is 61.9 Å². The summed E-state index contributed by atoms with van der Waals surface area (Å²) >= 11 is 0. The van der Waals surface area contributed by atoms with Gasteiger partial charge >= 0.3 is 5.97 Å². The van der Waals surface area contributed by atoms with Crippen LogP contribution in [0.2, 0.25) is 0 Å². The van der Waals surface area contributed by atoms with Crippen molar-refractivity contribution in [3.05, 3.63) is 101 Å². The second kappa shape index (κ2) is 13.3. The van der Waals surface area contributed by atoms with Crippen LogP contribution in [0.15, 0.2) is 89.1 Å². The summed E-state index contributed by atoms with van der Waals surface area (Å²) in [5, 5.41) is 0. The first-order valence-electron chi connectivity index (χ1n) is 14.8. The van der Waals surface area contributed by atoms with E-state index < -0.39 is 11.8 Å². The Bertz CT molecular complexity index is 1540. The highest BCUT2D eigenvalue weighted by Gasteiger charge is 2.46. The van der Waals surface area contributed by atoms with Gasteiger partial charge in [-0.15, -0.1) is 0 Å². The molecular weight excluding hydrogens is 542 g/mol. The molecule has 43 heavy (non-hydrogen) atoms. The molecule has 1 unspecified atom stereocenters. The lowest BCUT2D eigenvalue weighted by molar-refractivity contribution is -0.151. The Labute approximate surface area is 253 Å². The topological polar surface area (TPSA) is 83.4 Å². The molecule has 3 aromatic carbocycles. The number of ether oxygens (including phenoxy) is 4. The highest BCUT2D eigenvalue weighted by atomic mass is 16.5. The molecule has 5 rings (SSSR count). The van der Waals surface area contributed by atoms with Crippen LogP contribution in [0.4, 0.5) is 0 Å². The maximum atomic E-state index is 14.1. The number of ketones is 1. The zero-order chi connectivity index (χ0) is 30.5. The molecule has 0 amide bonds. The fourth-order valence-corrected chi connectivity index (χ4v) is 6.00. The molecule has 0 aromatic heterocycles. The van der Waals surface area contributed by atoms with Gasteiger partial charge in [-0.25, -0.2) is 0 Å². The molecular formula is C36H39NO6. The average molecular weight is 582 g/mol. The summed E-state index contributed by atoms with van der Waals surface area (Å²) in [4.78, 5) is 32.8. The number of aliphatic imine (C=N–C) groups is 1. The first-order valence-corrected chi connectivity index (χ1v) is 14.8. The minimum absolute atomic E-state index is 0.0264. The number of benzene rings is 3. The minimum Gasteiger partial charge on any atom is -0.493 e. The molecule has 1 aliphatic heterocycles. The van der Waals surface area contributed by atoms with Crippen molar-refractivity contribution in [1.29, 1.82) is 0 Å². The molecule has 1 aliphatic carbocycles. The van der Waals surface area contributed by atoms with Crippen LogP contribution >= 0.6 is 0 Å². The molecule has 1 heterocycles. The van der Waals surface area contributed by atoms with E-state index in [1.807, 2.05) is 93.6 Å². The van der Waals surface area contributed by atoms with Gasteiger partial charge in [0.05, 0.1) is 20.3 Å². The van der Waals surface area contributed by atoms with Gasteiger partial charge in [-0.2, -0.15) is 0 Å². The number of hydrogen-bond acceptors (Lipinski definition) is 7. The maximum absolute atomic E-state index is 14.1. The van der Waals surface area contributed by atoms with Crippen molar-refractivity contribution in [3.63, 3.8) is 0 Å². The van der Waals surface area contributed by atoms with Crippen LogP contribution < -0.4 is 14.2 Å². The van der Waals surface area contributed by atoms with E-state index >= 15 is 0 Å². The fraction of sp³-hybridized carbons (Fsp3) is 0.361. The molecule has 0 N–H and O–H groups in total. The van der Waals surface area contributed by atoms with Crippen molar-refractivity contribution in [1.82, 2.24) is 0 Å². The summed E-state index contributed by atoms with van der Waals surface area (Å²) in [6.07, 6.45) is 1.29. The summed E-state index contributed by atoms with van der Waals surface area (Å²) in [5.41, 5.74) is 4.71. The summed E-state index contributed by atoms with van der Waals surface area (Å²) in [7, 11) is 3.20. The SMILES string of the molecule is CC[C@@H](C)OC(=O)C1C(C)=NC2=C(C(=O)C[C@H](c3ccc(OC)c(OC)c3)C2)[C@@H]1c1ccccc1OCc1ccccc1. The van der Waals surface area contributed by atoms with Gasteiger partial charge in [-0.3, -0.25) is 14.6 Å². The number of allylic oxidation sites excluding steroid dienone is 2. The molecule has 7 heteroatoms. The second-order valence-electron chi connectivity index (χ2n) is 11.2. The average Bonchev–Trinajstić information content (AvgIpc) is 3.03. The Morgan fingerprint density at radius 2 is 1.65 bits per heavy atom. The van der Waals surface area contributed by atoms with Crippen molar-refractivity contribution in [2.45, 2.75) is 64.6 Å². The van der Waals surface area contributed by atoms with Crippen LogP contribution in [-0.4, -0.2) is 37.8 Å². The van der Waals surface area contributed by atoms with Crippen LogP contribution in [0.5, 0.6) is 17.2 Å². The Morgan fingerprint density at radius 3 is 2.37 bits per heavy atom. The van der Waals surface area contributed by atoms with Gasteiger partial charge in [0.1, 0.15) is 18.3 Å². The van der Waals surface area contributed by atoms with Gasteiger partial charge in [0.25, 0.3) is 0 Å². The van der Waals surface area contributed by atoms with Gasteiger partial charge < -0.3 is 18.9 Å². The van der Waals surface area contributed by atoms with E-state index in [1.165, 1.54) is 0 Å².